The number of anilines is 1. The van der Waals surface area contributed by atoms with Crippen molar-refractivity contribution >= 4 is 34.7 Å². The van der Waals surface area contributed by atoms with E-state index < -0.39 is 0 Å². The molecular weight excluding hydrogens is 374 g/mol. The molecule has 4 nitrogen and oxygen atoms in total. The van der Waals surface area contributed by atoms with Crippen LogP contribution in [0.4, 0.5) is 5.69 Å². The number of rotatable bonds is 6. The van der Waals surface area contributed by atoms with Crippen LogP contribution in [0.1, 0.15) is 17.7 Å². The molecule has 0 spiro atoms. The third kappa shape index (κ3) is 4.16. The summed E-state index contributed by atoms with van der Waals surface area (Å²) in [5.41, 5.74) is 2.61. The van der Waals surface area contributed by atoms with Crippen LogP contribution in [0, 0.1) is 11.3 Å². The van der Waals surface area contributed by atoms with E-state index >= 15 is 0 Å². The smallest absolute Gasteiger partial charge is 0.254 e. The van der Waals surface area contributed by atoms with Gasteiger partial charge in [-0.25, -0.2) is 0 Å². The van der Waals surface area contributed by atoms with Crippen LogP contribution in [0.15, 0.2) is 82.4 Å². The molecule has 2 N–H and O–H groups in total. The van der Waals surface area contributed by atoms with Crippen LogP contribution in [0.5, 0.6) is 0 Å². The number of benzene rings is 1. The van der Waals surface area contributed by atoms with Gasteiger partial charge < -0.3 is 10.6 Å². The van der Waals surface area contributed by atoms with Crippen molar-refractivity contribution in [3.8, 4) is 6.07 Å². The van der Waals surface area contributed by atoms with Crippen molar-refractivity contribution in [1.82, 2.24) is 5.32 Å². The largest absolute Gasteiger partial charge is 0.353 e. The van der Waals surface area contributed by atoms with Crippen LogP contribution >= 0.6 is 23.1 Å². The lowest BCUT2D eigenvalue weighted by molar-refractivity contribution is -0.113. The molecule has 136 valence electrons. The molecule has 27 heavy (non-hydrogen) atoms. The molecular formula is C21H19N3OS2. The first-order valence-electron chi connectivity index (χ1n) is 8.41. The van der Waals surface area contributed by atoms with Gasteiger partial charge in [0.25, 0.3) is 5.91 Å². The minimum Gasteiger partial charge on any atom is -0.353 e. The summed E-state index contributed by atoms with van der Waals surface area (Å²) in [5, 5.41) is 18.8. The Morgan fingerprint density at radius 3 is 2.78 bits per heavy atom. The molecule has 2 aromatic rings. The quantitative estimate of drug-likeness (QED) is 0.678. The number of nitrogens with one attached hydrogen (secondary N) is 2. The van der Waals surface area contributed by atoms with Gasteiger partial charge in [-0.05, 0) is 30.5 Å². The minimum atomic E-state index is -0.382. The Morgan fingerprint density at radius 1 is 1.37 bits per heavy atom. The van der Waals surface area contributed by atoms with Crippen molar-refractivity contribution in [2.45, 2.75) is 12.8 Å². The number of hydrogen-bond donors (Lipinski definition) is 2. The highest BCUT2D eigenvalue weighted by Gasteiger charge is 2.35. The minimum absolute atomic E-state index is 0.204. The van der Waals surface area contributed by atoms with E-state index in [0.717, 1.165) is 21.3 Å². The fraction of sp³-hybridized carbons (Fsp3) is 0.143. The van der Waals surface area contributed by atoms with Crippen molar-refractivity contribution < 1.29 is 4.79 Å². The van der Waals surface area contributed by atoms with Gasteiger partial charge >= 0.3 is 0 Å². The lowest BCUT2D eigenvalue weighted by Crippen LogP contribution is -2.30. The molecule has 1 amide bonds. The van der Waals surface area contributed by atoms with Gasteiger partial charge in [0.05, 0.1) is 22.6 Å². The molecule has 0 bridgehead atoms. The van der Waals surface area contributed by atoms with Gasteiger partial charge in [0, 0.05) is 27.6 Å². The zero-order valence-electron chi connectivity index (χ0n) is 14.9. The summed E-state index contributed by atoms with van der Waals surface area (Å²) in [6.45, 7) is 5.62. The number of carbonyl (C=O) groups is 1. The number of nitrogens with zero attached hydrogens (tertiary/aromatic N) is 1. The molecule has 1 atom stereocenters. The van der Waals surface area contributed by atoms with Crippen LogP contribution in [0.2, 0.25) is 0 Å². The summed E-state index contributed by atoms with van der Waals surface area (Å²) in [6, 6.07) is 15.6. The van der Waals surface area contributed by atoms with Crippen molar-refractivity contribution in [1.29, 1.82) is 5.26 Å². The lowest BCUT2D eigenvalue weighted by atomic mass is 9.86. The Kier molecular flexibility index (Phi) is 6.17. The molecule has 0 saturated heterocycles. The Labute approximate surface area is 167 Å². The molecule has 6 heteroatoms. The van der Waals surface area contributed by atoms with Crippen molar-refractivity contribution in [2.24, 2.45) is 0 Å². The summed E-state index contributed by atoms with van der Waals surface area (Å²) in [7, 11) is 0. The molecule has 1 aliphatic heterocycles. The van der Waals surface area contributed by atoms with Crippen LogP contribution in [-0.4, -0.2) is 11.7 Å². The highest BCUT2D eigenvalue weighted by molar-refractivity contribution is 8.03. The second-order valence-corrected chi connectivity index (χ2v) is 7.90. The normalized spacial score (nSPS) is 16.5. The standard InChI is InChI=1S/C21H19N3OS2/c1-3-11-27-21-16(13-22)19(17-10-7-12-26-17)18(14(2)23-21)20(25)24-15-8-5-4-6-9-15/h3-10,12,19,23H,1,11H2,2H3,(H,24,25)/t19-/m0/s1. The Hall–Kier alpha value is -2.75. The number of allylic oxidation sites excluding steroid dienone is 2. The number of amides is 1. The first-order valence-corrected chi connectivity index (χ1v) is 10.3. The lowest BCUT2D eigenvalue weighted by Gasteiger charge is -2.29. The average Bonchev–Trinajstić information content (AvgIpc) is 3.20. The van der Waals surface area contributed by atoms with Crippen molar-refractivity contribution in [3.63, 3.8) is 0 Å². The number of hydrogen-bond acceptors (Lipinski definition) is 5. The average molecular weight is 394 g/mol. The number of thioether (sulfide) groups is 1. The fourth-order valence-corrected chi connectivity index (χ4v) is 4.60. The van der Waals surface area contributed by atoms with Crippen molar-refractivity contribution in [3.05, 3.63) is 87.2 Å². The Bertz CT molecular complexity index is 938. The third-order valence-electron chi connectivity index (χ3n) is 4.10. The number of nitriles is 1. The van der Waals surface area contributed by atoms with Crippen LogP contribution in [-0.2, 0) is 4.79 Å². The Morgan fingerprint density at radius 2 is 2.15 bits per heavy atom. The van der Waals surface area contributed by atoms with Crippen molar-refractivity contribution in [2.75, 3.05) is 11.1 Å². The van der Waals surface area contributed by atoms with Gasteiger partial charge in [-0.2, -0.15) is 5.26 Å². The van der Waals surface area contributed by atoms with E-state index in [9.17, 15) is 10.1 Å². The first kappa shape index (κ1) is 19.0. The van der Waals surface area contributed by atoms with Crippen LogP contribution in [0.25, 0.3) is 0 Å². The molecule has 0 unspecified atom stereocenters. The van der Waals surface area contributed by atoms with E-state index in [1.807, 2.05) is 54.8 Å². The molecule has 0 radical (unpaired) electrons. The second-order valence-electron chi connectivity index (χ2n) is 5.89. The summed E-state index contributed by atoms with van der Waals surface area (Å²) < 4.78 is 0. The summed E-state index contributed by atoms with van der Waals surface area (Å²) >= 11 is 3.07. The zero-order chi connectivity index (χ0) is 19.2. The first-order chi connectivity index (χ1) is 13.2. The van der Waals surface area contributed by atoms with E-state index in [4.69, 9.17) is 0 Å². The molecule has 1 aliphatic rings. The van der Waals surface area contributed by atoms with E-state index in [0.29, 0.717) is 16.9 Å². The second kappa shape index (κ2) is 8.76. The van der Waals surface area contributed by atoms with Gasteiger partial charge in [-0.1, -0.05) is 30.3 Å². The summed E-state index contributed by atoms with van der Waals surface area (Å²) in [4.78, 5) is 14.1. The van der Waals surface area contributed by atoms with E-state index in [-0.39, 0.29) is 11.8 Å². The number of para-hydroxylation sites is 1. The molecule has 0 saturated carbocycles. The van der Waals surface area contributed by atoms with Gasteiger partial charge in [-0.3, -0.25) is 4.79 Å². The predicted octanol–water partition coefficient (Wildman–Crippen LogP) is 5.00. The summed E-state index contributed by atoms with van der Waals surface area (Å²) in [5.74, 6) is 0.0983. The maximum absolute atomic E-state index is 13.1. The van der Waals surface area contributed by atoms with Crippen LogP contribution in [0.3, 0.4) is 0 Å². The van der Waals surface area contributed by atoms with Gasteiger partial charge in [0.15, 0.2) is 0 Å². The monoisotopic (exact) mass is 393 g/mol. The zero-order valence-corrected chi connectivity index (χ0v) is 16.5. The Balaban J connectivity index is 2.02. The maximum atomic E-state index is 13.1. The molecule has 0 aliphatic carbocycles. The SMILES string of the molecule is C=CCSC1=C(C#N)[C@@H](c2cccs2)C(C(=O)Nc2ccccc2)=C(C)N1. The van der Waals surface area contributed by atoms with Gasteiger partial charge in [-0.15, -0.1) is 29.7 Å². The third-order valence-corrected chi connectivity index (χ3v) is 6.05. The van der Waals surface area contributed by atoms with Gasteiger partial charge in [0.2, 0.25) is 0 Å². The van der Waals surface area contributed by atoms with E-state index in [1.165, 1.54) is 11.8 Å². The molecule has 0 fully saturated rings. The highest BCUT2D eigenvalue weighted by atomic mass is 32.2. The van der Waals surface area contributed by atoms with Crippen LogP contribution < -0.4 is 10.6 Å². The number of carbonyl (C=O) groups excluding carboxylic acids is 1. The molecule has 2 heterocycles. The predicted molar refractivity (Wildman–Crippen MR) is 113 cm³/mol. The summed E-state index contributed by atoms with van der Waals surface area (Å²) in [6.07, 6.45) is 1.80. The fourth-order valence-electron chi connectivity index (χ4n) is 2.93. The molecule has 1 aromatic carbocycles. The highest BCUT2D eigenvalue weighted by Crippen LogP contribution is 2.42. The van der Waals surface area contributed by atoms with E-state index in [2.05, 4.69) is 23.3 Å². The number of dihydropyridines is 1. The van der Waals surface area contributed by atoms with Gasteiger partial charge in [0.1, 0.15) is 0 Å². The topological polar surface area (TPSA) is 64.9 Å². The maximum Gasteiger partial charge on any atom is 0.254 e. The molecule has 1 aromatic heterocycles. The van der Waals surface area contributed by atoms with E-state index in [1.54, 1.807) is 17.4 Å². The number of thiophene rings is 1. The molecule has 3 rings (SSSR count).